The van der Waals surface area contributed by atoms with Crippen molar-refractivity contribution in [1.29, 1.82) is 0 Å². The van der Waals surface area contributed by atoms with Crippen molar-refractivity contribution in [3.8, 4) is 0 Å². The Kier molecular flexibility index (Phi) is 2.49. The van der Waals surface area contributed by atoms with Gasteiger partial charge < -0.3 is 0 Å². The van der Waals surface area contributed by atoms with Gasteiger partial charge in [-0.2, -0.15) is 18.2 Å². The largest absolute Gasteiger partial charge is 0.395 e. The minimum Gasteiger partial charge on any atom is -0.211 e. The summed E-state index contributed by atoms with van der Waals surface area (Å²) < 4.78 is 47.7. The van der Waals surface area contributed by atoms with E-state index in [4.69, 9.17) is 1.37 Å². The molecule has 100 valence electrons. The maximum absolute atomic E-state index is 13.3. The lowest BCUT2D eigenvalue weighted by molar-refractivity contribution is -0.149. The van der Waals surface area contributed by atoms with Gasteiger partial charge in [0.15, 0.2) is 0 Å². The molecular weight excluding hydrogens is 255 g/mol. The molecular formula is C14H12F3NO. The molecule has 5 heteroatoms. The minimum atomic E-state index is -4.67. The molecule has 0 heterocycles. The van der Waals surface area contributed by atoms with Gasteiger partial charge in [-0.05, 0) is 54.4 Å². The first-order valence-electron chi connectivity index (χ1n) is 6.71. The quantitative estimate of drug-likeness (QED) is 0.564. The van der Waals surface area contributed by atoms with Crippen LogP contribution in [0.5, 0.6) is 0 Å². The number of halogens is 3. The summed E-state index contributed by atoms with van der Waals surface area (Å²) in [6.07, 6.45) is -1.17. The average Bonchev–Trinajstić information content (AvgIpc) is 2.94. The summed E-state index contributed by atoms with van der Waals surface area (Å²) in [4.78, 5) is 14.1. The molecule has 0 spiro atoms. The van der Waals surface area contributed by atoms with E-state index < -0.39 is 12.1 Å². The highest BCUT2D eigenvalue weighted by molar-refractivity contribution is 5.67. The molecule has 1 atom stereocenters. The highest BCUT2D eigenvalue weighted by Gasteiger charge is 2.46. The van der Waals surface area contributed by atoms with Gasteiger partial charge in [0, 0.05) is 1.37 Å². The summed E-state index contributed by atoms with van der Waals surface area (Å²) in [6, 6.07) is 1.77. The number of aryl methyl sites for hydroxylation is 2. The third kappa shape index (κ3) is 1.89. The molecule has 3 rings (SSSR count). The van der Waals surface area contributed by atoms with Crippen LogP contribution < -0.4 is 0 Å². The summed E-state index contributed by atoms with van der Waals surface area (Å²) in [7, 11) is 0. The molecule has 0 saturated heterocycles. The highest BCUT2D eigenvalue weighted by atomic mass is 19.4. The molecule has 2 aliphatic rings. The van der Waals surface area contributed by atoms with Crippen molar-refractivity contribution in [3.05, 3.63) is 28.3 Å². The molecule has 0 radical (unpaired) electrons. The molecule has 0 aromatic heterocycles. The van der Waals surface area contributed by atoms with E-state index in [1.807, 2.05) is 0 Å². The zero-order chi connectivity index (χ0) is 14.5. The van der Waals surface area contributed by atoms with Gasteiger partial charge in [0.25, 0.3) is 0 Å². The van der Waals surface area contributed by atoms with Crippen LogP contribution in [-0.2, 0) is 24.1 Å². The number of nitrogens with zero attached hydrogens (tertiary/aromatic N) is 1. The number of hydrogen-bond donors (Lipinski definition) is 0. The topological polar surface area (TPSA) is 29.4 Å². The maximum Gasteiger partial charge on any atom is 0.395 e. The molecule has 0 amide bonds. The Morgan fingerprint density at radius 3 is 2.79 bits per heavy atom. The summed E-state index contributed by atoms with van der Waals surface area (Å²) in [5, 5.41) is 0. The molecule has 0 N–H and O–H groups in total. The Morgan fingerprint density at radius 2 is 2.11 bits per heavy atom. The van der Waals surface area contributed by atoms with Crippen molar-refractivity contribution in [3.63, 3.8) is 0 Å². The van der Waals surface area contributed by atoms with E-state index in [-0.39, 0.29) is 24.1 Å². The van der Waals surface area contributed by atoms with Crippen LogP contribution in [0.4, 0.5) is 18.9 Å². The fourth-order valence-corrected chi connectivity index (χ4v) is 3.15. The lowest BCUT2D eigenvalue weighted by Crippen LogP contribution is -2.18. The molecule has 1 unspecified atom stereocenters. The van der Waals surface area contributed by atoms with Crippen LogP contribution in [-0.4, -0.2) is 12.3 Å². The Labute approximate surface area is 109 Å². The second kappa shape index (κ2) is 4.20. The van der Waals surface area contributed by atoms with Crippen LogP contribution in [0.15, 0.2) is 11.1 Å². The molecule has 2 nitrogen and oxygen atoms in total. The first-order valence-corrected chi connectivity index (χ1v) is 6.21. The maximum atomic E-state index is 13.3. The molecule has 1 aromatic carbocycles. The highest BCUT2D eigenvalue weighted by Crippen LogP contribution is 2.51. The van der Waals surface area contributed by atoms with Crippen molar-refractivity contribution in [1.82, 2.24) is 0 Å². The first kappa shape index (κ1) is 11.2. The summed E-state index contributed by atoms with van der Waals surface area (Å²) >= 11 is 0. The van der Waals surface area contributed by atoms with E-state index in [0.29, 0.717) is 17.5 Å². The monoisotopic (exact) mass is 269 g/mol. The van der Waals surface area contributed by atoms with Gasteiger partial charge in [-0.1, -0.05) is 6.07 Å². The summed E-state index contributed by atoms with van der Waals surface area (Å²) in [6.45, 7) is 0. The van der Waals surface area contributed by atoms with Gasteiger partial charge in [0.1, 0.15) is 0 Å². The van der Waals surface area contributed by atoms with Gasteiger partial charge in [-0.25, -0.2) is 4.79 Å². The molecule has 19 heavy (non-hydrogen) atoms. The third-order valence-corrected chi connectivity index (χ3v) is 3.90. The lowest BCUT2D eigenvalue weighted by Gasteiger charge is -2.18. The van der Waals surface area contributed by atoms with Crippen LogP contribution in [0, 0.1) is 0 Å². The van der Waals surface area contributed by atoms with Gasteiger partial charge in [-0.3, -0.25) is 0 Å². The Morgan fingerprint density at radius 1 is 1.32 bits per heavy atom. The predicted octanol–water partition coefficient (Wildman–Crippen LogP) is 3.73. The van der Waals surface area contributed by atoms with Gasteiger partial charge >= 0.3 is 6.18 Å². The minimum absolute atomic E-state index is 0.0508. The summed E-state index contributed by atoms with van der Waals surface area (Å²) in [5.41, 5.74) is 2.08. The number of carbonyl (C=O) groups excluding carboxylic acids is 1. The molecule has 0 saturated carbocycles. The van der Waals surface area contributed by atoms with Crippen LogP contribution >= 0.6 is 0 Å². The van der Waals surface area contributed by atoms with Crippen LogP contribution in [0.25, 0.3) is 0 Å². The Bertz CT molecular complexity index is 634. The second-order valence-electron chi connectivity index (χ2n) is 4.93. The molecule has 1 aromatic rings. The van der Waals surface area contributed by atoms with E-state index in [0.717, 1.165) is 18.4 Å². The number of isocyanates is 1. The first-order chi connectivity index (χ1) is 9.38. The fraction of sp³-hybridized carbons (Fsp3) is 0.500. The van der Waals surface area contributed by atoms with Crippen molar-refractivity contribution in [2.75, 3.05) is 0 Å². The molecule has 2 aliphatic carbocycles. The third-order valence-electron chi connectivity index (χ3n) is 3.90. The van der Waals surface area contributed by atoms with Gasteiger partial charge in [0.2, 0.25) is 6.08 Å². The number of alkyl halides is 3. The molecule has 0 aliphatic heterocycles. The van der Waals surface area contributed by atoms with Crippen molar-refractivity contribution < 1.29 is 19.3 Å². The van der Waals surface area contributed by atoms with Crippen LogP contribution in [0.1, 0.15) is 42.4 Å². The van der Waals surface area contributed by atoms with Crippen LogP contribution in [0.2, 0.25) is 0 Å². The zero-order valence-corrected chi connectivity index (χ0v) is 10.1. The normalized spacial score (nSPS) is 25.5. The van der Waals surface area contributed by atoms with Crippen molar-refractivity contribution in [2.45, 2.75) is 44.2 Å². The number of rotatable bonds is 1. The number of fused-ring (bicyclic) bond motifs is 2. The van der Waals surface area contributed by atoms with E-state index >= 15 is 0 Å². The van der Waals surface area contributed by atoms with Crippen molar-refractivity contribution >= 4 is 11.8 Å². The number of benzene rings is 1. The van der Waals surface area contributed by atoms with E-state index in [1.165, 1.54) is 6.08 Å². The zero-order valence-electron chi connectivity index (χ0n) is 11.1. The number of aliphatic imine (C=N–C) groups is 1. The van der Waals surface area contributed by atoms with Gasteiger partial charge in [0.05, 0.1) is 11.6 Å². The lowest BCUT2D eigenvalue weighted by atomic mass is 9.93. The number of hydrogen-bond acceptors (Lipinski definition) is 2. The fourth-order valence-electron chi connectivity index (χ4n) is 3.15. The van der Waals surface area contributed by atoms with E-state index in [1.54, 1.807) is 6.07 Å². The predicted molar refractivity (Wildman–Crippen MR) is 63.4 cm³/mol. The second-order valence-corrected chi connectivity index (χ2v) is 4.93. The Balaban J connectivity index is 2.32. The smallest absolute Gasteiger partial charge is 0.211 e. The average molecular weight is 269 g/mol. The van der Waals surface area contributed by atoms with E-state index in [2.05, 4.69) is 4.99 Å². The summed E-state index contributed by atoms with van der Waals surface area (Å²) in [5.74, 6) is -2.66. The molecule has 0 fully saturated rings. The van der Waals surface area contributed by atoms with Crippen molar-refractivity contribution in [2.24, 2.45) is 4.99 Å². The molecule has 0 bridgehead atoms. The Hall–Kier alpha value is -1.61. The standard InChI is InChI=1S/C14H12F3NO/c15-14(16,17)11-5-4-9-6-8-2-1-3-10(8)13(12(9)11)18-7-19/h6,11H,1-5H2/i11T. The SMILES string of the molecule is [3H]C1(C(F)(F)F)CCc2cc3c(c(N=C=O)c21)CCC3. The van der Waals surface area contributed by atoms with E-state index in [9.17, 15) is 18.0 Å². The van der Waals surface area contributed by atoms with Crippen LogP contribution in [0.3, 0.4) is 0 Å². The van der Waals surface area contributed by atoms with Gasteiger partial charge in [-0.15, -0.1) is 0 Å².